The van der Waals surface area contributed by atoms with Crippen LogP contribution >= 0.6 is 23.1 Å². The van der Waals surface area contributed by atoms with Crippen LogP contribution in [0.15, 0.2) is 63.4 Å². The largest absolute Gasteiger partial charge is 0.467 e. The Bertz CT molecular complexity index is 759. The second-order valence-corrected chi connectivity index (χ2v) is 7.41. The summed E-state index contributed by atoms with van der Waals surface area (Å²) < 4.78 is 5.45. The third-order valence-corrected chi connectivity index (χ3v) is 5.40. The maximum Gasteiger partial charge on any atom is 0.254 e. The third-order valence-electron chi connectivity index (χ3n) is 3.82. The molecule has 124 valence electrons. The molecule has 0 atom stereocenters. The monoisotopic (exact) mass is 357 g/mol. The first-order valence-electron chi connectivity index (χ1n) is 7.66. The quantitative estimate of drug-likeness (QED) is 0.568. The van der Waals surface area contributed by atoms with Gasteiger partial charge in [0.15, 0.2) is 0 Å². The van der Waals surface area contributed by atoms with Crippen molar-refractivity contribution in [3.8, 4) is 0 Å². The molecule has 2 heterocycles. The Kier molecular flexibility index (Phi) is 5.43. The Morgan fingerprint density at radius 1 is 1.21 bits per heavy atom. The van der Waals surface area contributed by atoms with Crippen LogP contribution in [0.2, 0.25) is 0 Å². The van der Waals surface area contributed by atoms with E-state index in [-0.39, 0.29) is 5.91 Å². The fourth-order valence-electron chi connectivity index (χ4n) is 2.51. The molecule has 0 aliphatic rings. The SMILES string of the molecule is CSc1ccc(C)c(C(=O)N(Cc2ccco2)Cc2cccs2)c1. The van der Waals surface area contributed by atoms with Gasteiger partial charge in [0.25, 0.3) is 5.91 Å². The fraction of sp³-hybridized carbons (Fsp3) is 0.211. The van der Waals surface area contributed by atoms with Crippen LogP contribution in [0.25, 0.3) is 0 Å². The molecular weight excluding hydrogens is 338 g/mol. The predicted octanol–water partition coefficient (Wildman–Crippen LogP) is 5.21. The molecule has 1 amide bonds. The zero-order chi connectivity index (χ0) is 16.9. The van der Waals surface area contributed by atoms with E-state index in [4.69, 9.17) is 4.42 Å². The lowest BCUT2D eigenvalue weighted by atomic mass is 10.1. The summed E-state index contributed by atoms with van der Waals surface area (Å²) in [5.74, 6) is 0.826. The minimum atomic E-state index is 0.0354. The van der Waals surface area contributed by atoms with Gasteiger partial charge in [0, 0.05) is 15.3 Å². The van der Waals surface area contributed by atoms with E-state index in [0.717, 1.165) is 26.7 Å². The standard InChI is InChI=1S/C19H19NO2S2/c1-14-7-8-16(23-2)11-18(14)19(21)20(12-15-5-3-9-22-15)13-17-6-4-10-24-17/h3-11H,12-13H2,1-2H3. The van der Waals surface area contributed by atoms with Crippen LogP contribution < -0.4 is 0 Å². The molecule has 0 fully saturated rings. The van der Waals surface area contributed by atoms with Gasteiger partial charge in [-0.1, -0.05) is 12.1 Å². The molecule has 0 saturated carbocycles. The minimum Gasteiger partial charge on any atom is -0.467 e. The van der Waals surface area contributed by atoms with Crippen molar-refractivity contribution in [1.29, 1.82) is 0 Å². The topological polar surface area (TPSA) is 33.5 Å². The number of nitrogens with zero attached hydrogens (tertiary/aromatic N) is 1. The minimum absolute atomic E-state index is 0.0354. The lowest BCUT2D eigenvalue weighted by molar-refractivity contribution is 0.0718. The molecule has 0 saturated heterocycles. The smallest absolute Gasteiger partial charge is 0.254 e. The Balaban J connectivity index is 1.90. The molecule has 0 radical (unpaired) electrons. The van der Waals surface area contributed by atoms with Crippen LogP contribution in [-0.2, 0) is 13.1 Å². The van der Waals surface area contributed by atoms with E-state index in [1.165, 1.54) is 0 Å². The zero-order valence-corrected chi connectivity index (χ0v) is 15.3. The van der Waals surface area contributed by atoms with Crippen LogP contribution in [0.1, 0.15) is 26.6 Å². The average molecular weight is 358 g/mol. The first-order valence-corrected chi connectivity index (χ1v) is 9.76. The summed E-state index contributed by atoms with van der Waals surface area (Å²) in [6.45, 7) is 3.03. The fourth-order valence-corrected chi connectivity index (χ4v) is 3.67. The number of amides is 1. The van der Waals surface area contributed by atoms with E-state index >= 15 is 0 Å². The second-order valence-electron chi connectivity index (χ2n) is 5.50. The van der Waals surface area contributed by atoms with Crippen LogP contribution in [0.4, 0.5) is 0 Å². The molecule has 0 bridgehead atoms. The number of furan rings is 1. The summed E-state index contributed by atoms with van der Waals surface area (Å²) in [5, 5.41) is 2.03. The van der Waals surface area contributed by atoms with Gasteiger partial charge in [-0.25, -0.2) is 0 Å². The molecule has 0 aliphatic carbocycles. The molecule has 3 aromatic rings. The summed E-state index contributed by atoms with van der Waals surface area (Å²) >= 11 is 3.30. The normalized spacial score (nSPS) is 10.8. The molecular formula is C19H19NO2S2. The van der Waals surface area contributed by atoms with E-state index in [1.807, 2.05) is 59.9 Å². The molecule has 2 aromatic heterocycles. The summed E-state index contributed by atoms with van der Waals surface area (Å²) in [4.78, 5) is 17.3. The highest BCUT2D eigenvalue weighted by atomic mass is 32.2. The highest BCUT2D eigenvalue weighted by molar-refractivity contribution is 7.98. The zero-order valence-electron chi connectivity index (χ0n) is 13.7. The van der Waals surface area contributed by atoms with Gasteiger partial charge in [-0.05, 0) is 54.5 Å². The Hall–Kier alpha value is -1.98. The van der Waals surface area contributed by atoms with Gasteiger partial charge in [0.05, 0.1) is 19.4 Å². The maximum absolute atomic E-state index is 13.2. The van der Waals surface area contributed by atoms with Crippen LogP contribution in [-0.4, -0.2) is 17.1 Å². The van der Waals surface area contributed by atoms with Gasteiger partial charge in [-0.2, -0.15) is 0 Å². The Morgan fingerprint density at radius 2 is 2.08 bits per heavy atom. The van der Waals surface area contributed by atoms with E-state index in [2.05, 4.69) is 6.07 Å². The number of aryl methyl sites for hydroxylation is 1. The highest BCUT2D eigenvalue weighted by Crippen LogP contribution is 2.23. The number of carbonyl (C=O) groups excluding carboxylic acids is 1. The lowest BCUT2D eigenvalue weighted by Gasteiger charge is -2.22. The molecule has 1 aromatic carbocycles. The number of thiophene rings is 1. The van der Waals surface area contributed by atoms with Crippen molar-refractivity contribution in [1.82, 2.24) is 4.90 Å². The number of carbonyl (C=O) groups is 1. The first-order chi connectivity index (χ1) is 11.7. The number of rotatable bonds is 6. The van der Waals surface area contributed by atoms with Crippen LogP contribution in [0.3, 0.4) is 0 Å². The van der Waals surface area contributed by atoms with Crippen LogP contribution in [0, 0.1) is 6.92 Å². The molecule has 3 nitrogen and oxygen atoms in total. The summed E-state index contributed by atoms with van der Waals surface area (Å²) in [6, 6.07) is 13.9. The van der Waals surface area contributed by atoms with Gasteiger partial charge in [-0.3, -0.25) is 4.79 Å². The van der Waals surface area contributed by atoms with Crippen molar-refractivity contribution in [3.63, 3.8) is 0 Å². The first kappa shape index (κ1) is 16.9. The van der Waals surface area contributed by atoms with E-state index in [9.17, 15) is 4.79 Å². The molecule has 0 N–H and O–H groups in total. The van der Waals surface area contributed by atoms with Gasteiger partial charge in [-0.15, -0.1) is 23.1 Å². The Morgan fingerprint density at radius 3 is 2.75 bits per heavy atom. The van der Waals surface area contributed by atoms with Crippen molar-refractivity contribution in [3.05, 3.63) is 75.9 Å². The number of benzene rings is 1. The number of hydrogen-bond acceptors (Lipinski definition) is 4. The van der Waals surface area contributed by atoms with E-state index in [0.29, 0.717) is 13.1 Å². The van der Waals surface area contributed by atoms with Crippen molar-refractivity contribution < 1.29 is 9.21 Å². The van der Waals surface area contributed by atoms with Crippen molar-refractivity contribution in [2.45, 2.75) is 24.9 Å². The van der Waals surface area contributed by atoms with Crippen molar-refractivity contribution in [2.24, 2.45) is 0 Å². The Labute approximate surface area is 150 Å². The predicted molar refractivity (Wildman–Crippen MR) is 99.6 cm³/mol. The maximum atomic E-state index is 13.2. The van der Waals surface area contributed by atoms with Gasteiger partial charge < -0.3 is 9.32 Å². The summed E-state index contributed by atoms with van der Waals surface area (Å²) in [7, 11) is 0. The molecule has 5 heteroatoms. The summed E-state index contributed by atoms with van der Waals surface area (Å²) in [5.41, 5.74) is 1.75. The molecule has 0 unspecified atom stereocenters. The average Bonchev–Trinajstić information content (AvgIpc) is 3.28. The molecule has 3 rings (SSSR count). The second kappa shape index (κ2) is 7.73. The number of hydrogen-bond donors (Lipinski definition) is 0. The van der Waals surface area contributed by atoms with Crippen molar-refractivity contribution >= 4 is 29.0 Å². The van der Waals surface area contributed by atoms with E-state index < -0.39 is 0 Å². The van der Waals surface area contributed by atoms with Gasteiger partial charge >= 0.3 is 0 Å². The van der Waals surface area contributed by atoms with E-state index in [1.54, 1.807) is 29.4 Å². The molecule has 24 heavy (non-hydrogen) atoms. The lowest BCUT2D eigenvalue weighted by Crippen LogP contribution is -2.30. The summed E-state index contributed by atoms with van der Waals surface area (Å²) in [6.07, 6.45) is 3.66. The van der Waals surface area contributed by atoms with Crippen LogP contribution in [0.5, 0.6) is 0 Å². The molecule has 0 aliphatic heterocycles. The molecule has 0 spiro atoms. The van der Waals surface area contributed by atoms with Gasteiger partial charge in [0.2, 0.25) is 0 Å². The number of thioether (sulfide) groups is 1. The van der Waals surface area contributed by atoms with Gasteiger partial charge in [0.1, 0.15) is 5.76 Å². The third kappa shape index (κ3) is 3.91. The highest BCUT2D eigenvalue weighted by Gasteiger charge is 2.20. The van der Waals surface area contributed by atoms with Crippen molar-refractivity contribution in [2.75, 3.05) is 6.26 Å².